The number of hydrogen-bond acceptors (Lipinski definition) is 6. The SMILES string of the molecule is Cc1ccc(/C(O)=C2/C(=O)C(=O)N(c3ccc(C(=O)OCC(C)C)cc3)C2c2cccnc2)cc1C. The van der Waals surface area contributed by atoms with E-state index in [0.29, 0.717) is 29.0 Å². The first kappa shape index (κ1) is 24.9. The van der Waals surface area contributed by atoms with Gasteiger partial charge in [-0.3, -0.25) is 19.5 Å². The van der Waals surface area contributed by atoms with Crippen molar-refractivity contribution in [3.05, 3.63) is 100 Å². The minimum Gasteiger partial charge on any atom is -0.507 e. The lowest BCUT2D eigenvalue weighted by molar-refractivity contribution is -0.132. The van der Waals surface area contributed by atoms with Crippen LogP contribution in [0.2, 0.25) is 0 Å². The van der Waals surface area contributed by atoms with E-state index in [1.165, 1.54) is 4.90 Å². The Balaban J connectivity index is 1.79. The number of ether oxygens (including phenoxy) is 1. The molecule has 2 aromatic carbocycles. The fraction of sp³-hybridized carbons (Fsp3) is 0.241. The number of aryl methyl sites for hydroxylation is 2. The van der Waals surface area contributed by atoms with Gasteiger partial charge < -0.3 is 9.84 Å². The van der Waals surface area contributed by atoms with Crippen molar-refractivity contribution in [2.45, 2.75) is 33.7 Å². The second-order valence-electron chi connectivity index (χ2n) is 9.29. The topological polar surface area (TPSA) is 96.8 Å². The van der Waals surface area contributed by atoms with Gasteiger partial charge in [0.25, 0.3) is 11.7 Å². The number of esters is 1. The average Bonchev–Trinajstić information content (AvgIpc) is 3.14. The van der Waals surface area contributed by atoms with Crippen molar-refractivity contribution in [2.75, 3.05) is 11.5 Å². The fourth-order valence-electron chi connectivity index (χ4n) is 4.08. The maximum atomic E-state index is 13.3. The van der Waals surface area contributed by atoms with Crippen molar-refractivity contribution in [1.29, 1.82) is 0 Å². The molecule has 1 aliphatic rings. The molecule has 1 N–H and O–H groups in total. The molecule has 2 heterocycles. The summed E-state index contributed by atoms with van der Waals surface area (Å²) < 4.78 is 5.28. The van der Waals surface area contributed by atoms with Gasteiger partial charge in [0.05, 0.1) is 23.8 Å². The lowest BCUT2D eigenvalue weighted by Crippen LogP contribution is -2.29. The van der Waals surface area contributed by atoms with E-state index in [9.17, 15) is 19.5 Å². The van der Waals surface area contributed by atoms with Crippen LogP contribution in [0.1, 0.15) is 52.5 Å². The smallest absolute Gasteiger partial charge is 0.338 e. The number of ketones is 1. The van der Waals surface area contributed by atoms with Gasteiger partial charge in [0.2, 0.25) is 0 Å². The number of aromatic nitrogens is 1. The van der Waals surface area contributed by atoms with Crippen LogP contribution in [0.3, 0.4) is 0 Å². The Labute approximate surface area is 210 Å². The second kappa shape index (κ2) is 10.2. The maximum Gasteiger partial charge on any atom is 0.338 e. The van der Waals surface area contributed by atoms with Crippen LogP contribution in [0, 0.1) is 19.8 Å². The minimum absolute atomic E-state index is 0.0170. The van der Waals surface area contributed by atoms with Crippen molar-refractivity contribution < 1.29 is 24.2 Å². The highest BCUT2D eigenvalue weighted by Gasteiger charge is 2.47. The molecular weight excluding hydrogens is 456 g/mol. The molecule has 1 saturated heterocycles. The number of pyridine rings is 1. The van der Waals surface area contributed by atoms with Gasteiger partial charge in [-0.25, -0.2) is 4.79 Å². The molecule has 0 spiro atoms. The molecule has 1 atom stereocenters. The van der Waals surface area contributed by atoms with E-state index >= 15 is 0 Å². The van der Waals surface area contributed by atoms with Crippen LogP contribution in [0.5, 0.6) is 0 Å². The molecular formula is C29H28N2O5. The predicted molar refractivity (Wildman–Crippen MR) is 136 cm³/mol. The van der Waals surface area contributed by atoms with Crippen molar-refractivity contribution in [3.8, 4) is 0 Å². The monoisotopic (exact) mass is 484 g/mol. The van der Waals surface area contributed by atoms with E-state index in [4.69, 9.17) is 4.74 Å². The number of hydrogen-bond donors (Lipinski definition) is 1. The predicted octanol–water partition coefficient (Wildman–Crippen LogP) is 5.14. The standard InChI is InChI=1S/C29H28N2O5/c1-17(2)16-36-29(35)20-9-11-23(12-10-20)31-25(22-6-5-13-30-15-22)24(27(33)28(31)34)26(32)21-8-7-18(3)19(4)14-21/h5-15,17,25,32H,16H2,1-4H3/b26-24-. The molecule has 1 aromatic heterocycles. The van der Waals surface area contributed by atoms with E-state index in [0.717, 1.165) is 11.1 Å². The molecule has 0 radical (unpaired) electrons. The normalized spacial score (nSPS) is 17.0. The van der Waals surface area contributed by atoms with E-state index in [1.54, 1.807) is 60.9 Å². The Morgan fingerprint density at radius 2 is 1.72 bits per heavy atom. The van der Waals surface area contributed by atoms with Gasteiger partial charge in [0.15, 0.2) is 0 Å². The average molecular weight is 485 g/mol. The number of carbonyl (C=O) groups excluding carboxylic acids is 3. The zero-order chi connectivity index (χ0) is 26.0. The molecule has 3 aromatic rings. The Morgan fingerprint density at radius 1 is 1.03 bits per heavy atom. The van der Waals surface area contributed by atoms with Gasteiger partial charge in [-0.15, -0.1) is 0 Å². The first-order valence-corrected chi connectivity index (χ1v) is 11.7. The summed E-state index contributed by atoms with van der Waals surface area (Å²) >= 11 is 0. The third-order valence-electron chi connectivity index (χ3n) is 6.15. The summed E-state index contributed by atoms with van der Waals surface area (Å²) in [6.45, 7) is 8.06. The molecule has 7 heteroatoms. The summed E-state index contributed by atoms with van der Waals surface area (Å²) in [4.78, 5) is 44.3. The van der Waals surface area contributed by atoms with Gasteiger partial charge in [0.1, 0.15) is 5.76 Å². The van der Waals surface area contributed by atoms with Crippen molar-refractivity contribution in [2.24, 2.45) is 5.92 Å². The number of amides is 1. The molecule has 36 heavy (non-hydrogen) atoms. The molecule has 0 aliphatic carbocycles. The molecule has 1 fully saturated rings. The molecule has 7 nitrogen and oxygen atoms in total. The first-order valence-electron chi connectivity index (χ1n) is 11.7. The van der Waals surface area contributed by atoms with Gasteiger partial charge in [-0.05, 0) is 72.9 Å². The van der Waals surface area contributed by atoms with Gasteiger partial charge in [-0.2, -0.15) is 0 Å². The Morgan fingerprint density at radius 3 is 2.33 bits per heavy atom. The van der Waals surface area contributed by atoms with Crippen LogP contribution in [0.15, 0.2) is 72.6 Å². The quantitative estimate of drug-likeness (QED) is 0.225. The van der Waals surface area contributed by atoms with Crippen molar-refractivity contribution in [1.82, 2.24) is 4.98 Å². The summed E-state index contributed by atoms with van der Waals surface area (Å²) in [5, 5.41) is 11.2. The van der Waals surface area contributed by atoms with Crippen LogP contribution < -0.4 is 4.90 Å². The number of benzene rings is 2. The number of aliphatic hydroxyl groups excluding tert-OH is 1. The van der Waals surface area contributed by atoms with Crippen LogP contribution >= 0.6 is 0 Å². The van der Waals surface area contributed by atoms with Gasteiger partial charge in [0, 0.05) is 23.6 Å². The van der Waals surface area contributed by atoms with Gasteiger partial charge in [-0.1, -0.05) is 32.0 Å². The molecule has 1 aliphatic heterocycles. The summed E-state index contributed by atoms with van der Waals surface area (Å²) in [5.74, 6) is -2.07. The van der Waals surface area contributed by atoms with E-state index in [2.05, 4.69) is 4.98 Å². The number of aliphatic hydroxyl groups is 1. The first-order chi connectivity index (χ1) is 17.2. The number of rotatable bonds is 6. The third kappa shape index (κ3) is 4.77. The van der Waals surface area contributed by atoms with Crippen molar-refractivity contribution in [3.63, 3.8) is 0 Å². The zero-order valence-corrected chi connectivity index (χ0v) is 20.7. The minimum atomic E-state index is -0.890. The summed E-state index contributed by atoms with van der Waals surface area (Å²) in [6, 6.07) is 14.2. The molecule has 1 amide bonds. The summed E-state index contributed by atoms with van der Waals surface area (Å²) in [6.07, 6.45) is 3.16. The second-order valence-corrected chi connectivity index (χ2v) is 9.29. The van der Waals surface area contributed by atoms with Crippen LogP contribution in [-0.2, 0) is 14.3 Å². The van der Waals surface area contributed by atoms with Crippen LogP contribution in [-0.4, -0.2) is 34.4 Å². The highest BCUT2D eigenvalue weighted by atomic mass is 16.5. The number of carbonyl (C=O) groups is 3. The van der Waals surface area contributed by atoms with Crippen LogP contribution in [0.4, 0.5) is 5.69 Å². The summed E-state index contributed by atoms with van der Waals surface area (Å²) in [5.41, 5.74) is 3.75. The van der Waals surface area contributed by atoms with E-state index < -0.39 is 23.7 Å². The molecule has 0 bridgehead atoms. The van der Waals surface area contributed by atoms with Crippen molar-refractivity contribution >= 4 is 29.1 Å². The fourth-order valence-corrected chi connectivity index (χ4v) is 4.08. The lowest BCUT2D eigenvalue weighted by Gasteiger charge is -2.25. The van der Waals surface area contributed by atoms with E-state index in [1.807, 2.05) is 33.8 Å². The van der Waals surface area contributed by atoms with E-state index in [-0.39, 0.29) is 17.3 Å². The number of nitrogens with zero attached hydrogens (tertiary/aromatic N) is 2. The molecule has 184 valence electrons. The Kier molecular flexibility index (Phi) is 7.01. The molecule has 0 saturated carbocycles. The summed E-state index contributed by atoms with van der Waals surface area (Å²) in [7, 11) is 0. The lowest BCUT2D eigenvalue weighted by atomic mass is 9.95. The molecule has 1 unspecified atom stereocenters. The number of anilines is 1. The van der Waals surface area contributed by atoms with Gasteiger partial charge >= 0.3 is 5.97 Å². The highest BCUT2D eigenvalue weighted by Crippen LogP contribution is 2.42. The highest BCUT2D eigenvalue weighted by molar-refractivity contribution is 6.51. The Hall–Kier alpha value is -4.26. The molecule has 4 rings (SSSR count). The van der Waals surface area contributed by atoms with Crippen LogP contribution in [0.25, 0.3) is 5.76 Å². The zero-order valence-electron chi connectivity index (χ0n) is 20.7. The third-order valence-corrected chi connectivity index (χ3v) is 6.15. The Bertz CT molecular complexity index is 1340. The maximum absolute atomic E-state index is 13.3. The largest absolute Gasteiger partial charge is 0.507 e. The number of Topliss-reactive ketones (excluding diaryl/α,β-unsaturated/α-hetero) is 1.